The molecule has 4 fully saturated rings. The summed E-state index contributed by atoms with van der Waals surface area (Å²) in [5.74, 6) is -28.0. The fraction of sp³-hybridized carbons (Fsp3) is 0.547. The predicted molar refractivity (Wildman–Crippen MR) is 408 cm³/mol. The van der Waals surface area contributed by atoms with Crippen LogP contribution in [0.1, 0.15) is 153 Å². The molecule has 2 aromatic carbocycles. The van der Waals surface area contributed by atoms with Gasteiger partial charge in [0, 0.05) is 46.6 Å². The van der Waals surface area contributed by atoms with E-state index in [1.54, 1.807) is 30.5 Å². The number of amides is 14. The molecule has 3 aromatic rings. The van der Waals surface area contributed by atoms with Crippen LogP contribution in [0.2, 0.25) is 0 Å². The highest BCUT2D eigenvalue weighted by Crippen LogP contribution is 2.59. The number of unbranched alkanes of at least 4 members (excludes halogenated alkanes) is 2. The summed E-state index contributed by atoms with van der Waals surface area (Å²) in [6.07, 6.45) is 1.74. The number of aromatic amines is 1. The van der Waals surface area contributed by atoms with E-state index < -0.39 is 254 Å². The lowest BCUT2D eigenvalue weighted by atomic mass is 9.52. The number of fused-ring (bicyclic) bond motifs is 4. The van der Waals surface area contributed by atoms with Gasteiger partial charge in [-0.3, -0.25) is 86.3 Å². The number of aromatic nitrogens is 1. The zero-order valence-corrected chi connectivity index (χ0v) is 64.9. The molecular weight excluding hydrogens is 1540 g/mol. The third kappa shape index (κ3) is 27.1. The molecule has 24 N–H and O–H groups in total. The average molecular weight is 1640 g/mol. The Kier molecular flexibility index (Phi) is 35.0. The number of primary amides is 1. The second-order valence-corrected chi connectivity index (χ2v) is 29.4. The number of para-hydroxylation sites is 2. The number of cyclic esters (lactones) is 1. The van der Waals surface area contributed by atoms with Crippen LogP contribution in [0.15, 0.2) is 54.7 Å². The van der Waals surface area contributed by atoms with Gasteiger partial charge in [-0.25, -0.2) is 4.79 Å². The Morgan fingerprint density at radius 1 is 0.615 bits per heavy atom. The number of anilines is 1. The number of benzene rings is 2. The number of carbonyl (C=O) groups is 20. The third-order valence-electron chi connectivity index (χ3n) is 20.7. The monoisotopic (exact) mass is 1640 g/mol. The minimum absolute atomic E-state index is 0.0471. The Morgan fingerprint density at radius 2 is 1.20 bits per heavy atom. The van der Waals surface area contributed by atoms with E-state index >= 15 is 0 Å². The van der Waals surface area contributed by atoms with Crippen LogP contribution >= 0.6 is 0 Å². The van der Waals surface area contributed by atoms with Crippen molar-refractivity contribution < 1.29 is 121 Å². The molecule has 3 saturated carbocycles. The van der Waals surface area contributed by atoms with E-state index in [9.17, 15) is 116 Å². The Labute approximate surface area is 669 Å². The number of nitrogen functional groups attached to an aromatic ring is 1. The number of H-pyrrole nitrogens is 1. The first kappa shape index (κ1) is 93.4. The molecule has 42 nitrogen and oxygen atoms in total. The van der Waals surface area contributed by atoms with Crippen LogP contribution in [0.4, 0.5) is 5.69 Å². The number of aldehydes is 1. The number of aliphatic carboxylic acids is 3. The molecule has 0 spiro atoms. The summed E-state index contributed by atoms with van der Waals surface area (Å²) in [6.45, 7) is 1.27. The fourth-order valence-corrected chi connectivity index (χ4v) is 14.0. The van der Waals surface area contributed by atoms with Gasteiger partial charge >= 0.3 is 23.9 Å². The number of rotatable bonds is 31. The molecule has 1 aliphatic heterocycles. The number of hydrogen-bond acceptors (Lipinski definition) is 24. The highest BCUT2D eigenvalue weighted by atomic mass is 16.5. The molecule has 42 heteroatoms. The number of carbonyl (C=O) groups excluding carboxylic acids is 17. The van der Waals surface area contributed by atoms with E-state index in [1.807, 2.05) is 16.0 Å². The Balaban J connectivity index is 1.39. The summed E-state index contributed by atoms with van der Waals surface area (Å²) in [7, 11) is 0. The molecule has 7 rings (SSSR count). The summed E-state index contributed by atoms with van der Waals surface area (Å²) in [4.78, 5) is 279. The number of ether oxygens (including phenoxy) is 1. The summed E-state index contributed by atoms with van der Waals surface area (Å²) < 4.78 is 5.66. The molecule has 1 saturated heterocycles. The van der Waals surface area contributed by atoms with E-state index in [1.165, 1.54) is 18.2 Å². The Bertz CT molecular complexity index is 4200. The van der Waals surface area contributed by atoms with Crippen molar-refractivity contribution in [2.24, 2.45) is 28.2 Å². The standard InChI is InChI=1S/C75H103N17O25/c1-5-6-11-19-74-20-23-75(24-21-74,25-22-74)73(116)89-47(29-40-33-79-44-16-10-8-13-41(40)44)66(109)87-48(30-52(78)95)67(110)88-50(32-57(102)103)68(111)91-59-39(4)117-72(115)60(61(104)42-14-7-9-15-43(42)77)92-71(114)58(37(2)28-55(98)99)90-69(112)51(36-94)84-54(97)34-80-63(106)49(31-56(100)101)86-62(105)38(3)82-64(107)46(18-27-93)85-65(108)45(17-12-26-76)83-53(96)35-81-70(59)113/h7-10,13-16,27,33,37-39,45-51,58-60,79,94H,5-6,11-12,17-26,28-32,34-36,76-77H2,1-4H3,(H2,78,95)(H,80,106)(H,81,113)(H,82,107)(H,83,96)(H,84,97)(H,85,108)(H,86,105)(H,87,109)(H,88,110)(H,89,116)(H,90,112)(H,91,111)(H,92,114)(H,98,99)(H,100,101)(H,102,103)/t37-,38-,39-,45+,46+,47+,48-,49+,50+,51-,58+,59+,60?,74?,75?/m1/s1. The van der Waals surface area contributed by atoms with Gasteiger partial charge in [-0.05, 0) is 113 Å². The second kappa shape index (κ2) is 43.8. The maximum Gasteiger partial charge on any atom is 0.337 e. The molecular formula is C75H103N17O25. The van der Waals surface area contributed by atoms with Crippen LogP contribution in [0.5, 0.6) is 0 Å². The number of nitrogens with two attached hydrogens (primary N) is 3. The van der Waals surface area contributed by atoms with Gasteiger partial charge in [0.2, 0.25) is 82.7 Å². The quantitative estimate of drug-likeness (QED) is 0.00715. The van der Waals surface area contributed by atoms with Gasteiger partial charge in [0.15, 0.2) is 11.8 Å². The van der Waals surface area contributed by atoms with Crippen molar-refractivity contribution >= 4 is 135 Å². The number of carboxylic acids is 3. The molecule has 14 amide bonds. The van der Waals surface area contributed by atoms with Gasteiger partial charge < -0.3 is 121 Å². The molecule has 117 heavy (non-hydrogen) atoms. The van der Waals surface area contributed by atoms with Crippen molar-refractivity contribution in [2.75, 3.05) is 32.0 Å². The van der Waals surface area contributed by atoms with Crippen molar-refractivity contribution in [3.8, 4) is 0 Å². The number of ketones is 1. The lowest BCUT2D eigenvalue weighted by molar-refractivity contribution is -0.155. The fourth-order valence-electron chi connectivity index (χ4n) is 14.0. The van der Waals surface area contributed by atoms with Gasteiger partial charge in [0.25, 0.3) is 0 Å². The molecule has 1 aromatic heterocycles. The van der Waals surface area contributed by atoms with E-state index in [0.717, 1.165) is 71.8 Å². The van der Waals surface area contributed by atoms with Crippen molar-refractivity contribution in [1.82, 2.24) is 74.1 Å². The number of aliphatic hydroxyl groups excluding tert-OH is 1. The van der Waals surface area contributed by atoms with E-state index in [0.29, 0.717) is 35.7 Å². The van der Waals surface area contributed by atoms with Gasteiger partial charge in [-0.1, -0.05) is 63.4 Å². The van der Waals surface area contributed by atoms with Gasteiger partial charge in [0.1, 0.15) is 72.8 Å². The first-order valence-corrected chi connectivity index (χ1v) is 38.1. The number of hydrogen-bond donors (Lipinski definition) is 21. The largest absolute Gasteiger partial charge is 0.481 e. The predicted octanol–water partition coefficient (Wildman–Crippen LogP) is -5.12. The van der Waals surface area contributed by atoms with Gasteiger partial charge in [-0.15, -0.1) is 0 Å². The maximum atomic E-state index is 14.9. The van der Waals surface area contributed by atoms with Crippen LogP contribution in [0, 0.1) is 16.7 Å². The van der Waals surface area contributed by atoms with Gasteiger partial charge in [0.05, 0.1) is 45.4 Å². The minimum atomic E-state index is -2.69. The molecule has 2 heterocycles. The Morgan fingerprint density at radius 3 is 1.79 bits per heavy atom. The lowest BCUT2D eigenvalue weighted by Gasteiger charge is -2.53. The Hall–Kier alpha value is -12.5. The highest BCUT2D eigenvalue weighted by molar-refractivity contribution is 6.16. The first-order chi connectivity index (χ1) is 55.4. The number of aliphatic hydroxyl groups is 1. The number of Topliss-reactive ketones (excluding diaryl/α,β-unsaturated/α-hetero) is 1. The number of carboxylic acid groups (broad SMARTS) is 3. The van der Waals surface area contributed by atoms with Crippen LogP contribution < -0.4 is 86.3 Å². The van der Waals surface area contributed by atoms with E-state index in [2.05, 4.69) is 65.1 Å². The molecule has 3 aliphatic carbocycles. The lowest BCUT2D eigenvalue weighted by Crippen LogP contribution is -2.62. The number of nitrogens with one attached hydrogen (secondary N) is 14. The maximum absolute atomic E-state index is 14.9. The SMILES string of the molecule is CCCCCC12CCC(C(=O)N[C@@H](Cc3c[nH]c4ccccc34)C(=O)N[C@H](CC(N)=O)C(=O)N[C@@H](CC(=O)O)C(=O)N[C@@H]3C(=O)NCC(=O)N[C@@H](CCCN)C(=O)N[C@@H](CC=O)C(=O)N[C@H](C)C(=O)N[C@@H](CC(=O)O)C(=O)NCC(=O)N[C@H](CO)C(=O)N[C@@H]([C@H](C)CC(=O)O)C(=O)NC(C(=O)c4ccccc4N)C(=O)O[C@@H]3C)(CC1)CC2. The molecule has 638 valence electrons. The third-order valence-corrected chi connectivity index (χ3v) is 20.7. The van der Waals surface area contributed by atoms with Gasteiger partial charge in [-0.2, -0.15) is 0 Å². The summed E-state index contributed by atoms with van der Waals surface area (Å²) >= 11 is 0. The van der Waals surface area contributed by atoms with Crippen molar-refractivity contribution in [3.05, 3.63) is 65.9 Å². The smallest absolute Gasteiger partial charge is 0.337 e. The van der Waals surface area contributed by atoms with E-state index in [-0.39, 0.29) is 43.2 Å². The van der Waals surface area contributed by atoms with Crippen molar-refractivity contribution in [3.63, 3.8) is 0 Å². The molecule has 1 unspecified atom stereocenters. The molecule has 2 bridgehead atoms. The van der Waals surface area contributed by atoms with Crippen LogP contribution in [-0.2, 0) is 102 Å². The van der Waals surface area contributed by atoms with E-state index in [4.69, 9.17) is 21.9 Å². The average Bonchev–Trinajstić information content (AvgIpc) is 1.14. The minimum Gasteiger partial charge on any atom is -0.481 e. The molecule has 4 aliphatic rings. The van der Waals surface area contributed by atoms with Crippen LogP contribution in [-0.4, -0.2) is 243 Å². The summed E-state index contributed by atoms with van der Waals surface area (Å²) in [6, 6.07) is -10.8. The summed E-state index contributed by atoms with van der Waals surface area (Å²) in [5, 5.41) is 69.6. The van der Waals surface area contributed by atoms with Crippen LogP contribution in [0.25, 0.3) is 10.9 Å². The van der Waals surface area contributed by atoms with Crippen LogP contribution in [0.3, 0.4) is 0 Å². The van der Waals surface area contributed by atoms with Crippen molar-refractivity contribution in [2.45, 2.75) is 216 Å². The number of esters is 1. The zero-order valence-electron chi connectivity index (χ0n) is 64.9. The summed E-state index contributed by atoms with van der Waals surface area (Å²) in [5.41, 5.74) is 17.1. The highest BCUT2D eigenvalue weighted by Gasteiger charge is 2.53. The normalized spacial score (nSPS) is 24.7. The zero-order chi connectivity index (χ0) is 86.6. The topological polar surface area (TPSA) is 682 Å². The molecule has 13 atom stereocenters. The molecule has 0 radical (unpaired) electrons. The second-order valence-electron chi connectivity index (χ2n) is 29.4. The van der Waals surface area contributed by atoms with Crippen molar-refractivity contribution in [1.29, 1.82) is 0 Å². The first-order valence-electron chi connectivity index (χ1n) is 38.1.